The Morgan fingerprint density at radius 3 is 2.47 bits per heavy atom. The summed E-state index contributed by atoms with van der Waals surface area (Å²) in [7, 11) is 1.64. The Kier molecular flexibility index (Phi) is 8.67. The lowest BCUT2D eigenvalue weighted by molar-refractivity contribution is 0.191. The summed E-state index contributed by atoms with van der Waals surface area (Å²) in [5.41, 5.74) is 4.31. The number of ether oxygens (including phenoxy) is 1. The summed E-state index contributed by atoms with van der Waals surface area (Å²) in [4.78, 5) is 19.2. The molecule has 0 spiro atoms. The number of rotatable bonds is 8. The van der Waals surface area contributed by atoms with E-state index in [-0.39, 0.29) is 18.0 Å². The van der Waals surface area contributed by atoms with Gasteiger partial charge in [0.15, 0.2) is 0 Å². The van der Waals surface area contributed by atoms with Crippen LogP contribution in [0.25, 0.3) is 11.0 Å². The maximum Gasteiger partial charge on any atom is 0.269 e. The molecule has 2 heterocycles. The fourth-order valence-electron chi connectivity index (χ4n) is 4.26. The molecule has 1 N–H and O–H groups in total. The number of methoxy groups -OCH3 is 1. The fraction of sp³-hybridized carbons (Fsp3) is 0.440. The molecule has 0 aliphatic carbocycles. The molecule has 2 aromatic carbocycles. The van der Waals surface area contributed by atoms with E-state index in [0.29, 0.717) is 12.6 Å². The van der Waals surface area contributed by atoms with Crippen LogP contribution in [0.2, 0.25) is 0 Å². The summed E-state index contributed by atoms with van der Waals surface area (Å²) in [6.07, 6.45) is 4.76. The highest BCUT2D eigenvalue weighted by atomic mass is 35.5. The monoisotopic (exact) mass is 456 g/mol. The average Bonchev–Trinajstić information content (AvgIpc) is 2.82. The number of nitrogens with one attached hydrogen (secondary N) is 1. The predicted octanol–water partition coefficient (Wildman–Crippen LogP) is 3.64. The summed E-state index contributed by atoms with van der Waals surface area (Å²) in [5.74, 6) is 0.741. The second-order valence-corrected chi connectivity index (χ2v) is 8.27. The number of piperidine rings is 1. The maximum atomic E-state index is 12.4. The molecule has 1 aliphatic heterocycles. The quantitative estimate of drug-likeness (QED) is 0.560. The van der Waals surface area contributed by atoms with Crippen LogP contribution >= 0.6 is 12.4 Å². The van der Waals surface area contributed by atoms with Gasteiger partial charge in [-0.1, -0.05) is 31.2 Å². The molecule has 7 heteroatoms. The van der Waals surface area contributed by atoms with Gasteiger partial charge in [0.1, 0.15) is 5.75 Å². The lowest BCUT2D eigenvalue weighted by Crippen LogP contribution is -2.43. The number of hydrogen-bond donors (Lipinski definition) is 1. The summed E-state index contributed by atoms with van der Waals surface area (Å²) in [5, 5.41) is 3.71. The number of benzene rings is 2. The predicted molar refractivity (Wildman–Crippen MR) is 132 cm³/mol. The van der Waals surface area contributed by atoms with E-state index in [4.69, 9.17) is 4.74 Å². The van der Waals surface area contributed by atoms with Crippen LogP contribution in [0, 0.1) is 0 Å². The second-order valence-electron chi connectivity index (χ2n) is 8.27. The highest BCUT2D eigenvalue weighted by Gasteiger charge is 2.19. The maximum absolute atomic E-state index is 12.4. The molecule has 0 saturated carbocycles. The van der Waals surface area contributed by atoms with E-state index >= 15 is 0 Å². The molecule has 1 aliphatic rings. The zero-order valence-corrected chi connectivity index (χ0v) is 19.7. The Balaban J connectivity index is 0.00000289. The van der Waals surface area contributed by atoms with Crippen molar-refractivity contribution in [3.63, 3.8) is 0 Å². The van der Waals surface area contributed by atoms with E-state index < -0.39 is 0 Å². The van der Waals surface area contributed by atoms with Gasteiger partial charge in [-0.2, -0.15) is 0 Å². The van der Waals surface area contributed by atoms with Crippen LogP contribution in [0.5, 0.6) is 5.75 Å². The lowest BCUT2D eigenvalue weighted by atomic mass is 10.0. The first kappa shape index (κ1) is 24.2. The van der Waals surface area contributed by atoms with Crippen LogP contribution in [0.15, 0.2) is 53.5 Å². The van der Waals surface area contributed by atoms with Crippen LogP contribution in [0.3, 0.4) is 0 Å². The van der Waals surface area contributed by atoms with E-state index in [2.05, 4.69) is 46.4 Å². The van der Waals surface area contributed by atoms with Crippen LogP contribution < -0.4 is 15.6 Å². The van der Waals surface area contributed by atoms with Crippen molar-refractivity contribution in [3.8, 4) is 5.75 Å². The van der Waals surface area contributed by atoms with E-state index in [9.17, 15) is 4.79 Å². The number of fused-ring (bicyclic) bond motifs is 1. The molecule has 1 fully saturated rings. The Hall–Kier alpha value is -2.41. The molecule has 32 heavy (non-hydrogen) atoms. The van der Waals surface area contributed by atoms with Gasteiger partial charge in [-0.25, -0.2) is 4.98 Å². The molecule has 3 aromatic rings. The molecule has 0 unspecified atom stereocenters. The van der Waals surface area contributed by atoms with Crippen molar-refractivity contribution in [2.45, 2.75) is 45.3 Å². The lowest BCUT2D eigenvalue weighted by Gasteiger charge is -2.32. The van der Waals surface area contributed by atoms with Gasteiger partial charge in [0.05, 0.1) is 24.3 Å². The van der Waals surface area contributed by atoms with Crippen molar-refractivity contribution in [1.29, 1.82) is 0 Å². The number of nitrogens with zero attached hydrogens (tertiary/aromatic N) is 3. The Morgan fingerprint density at radius 1 is 1.06 bits per heavy atom. The minimum absolute atomic E-state index is 0. The molecular weight excluding hydrogens is 424 g/mol. The number of aryl methyl sites for hydroxylation is 1. The summed E-state index contributed by atoms with van der Waals surface area (Å²) < 4.78 is 7.14. The molecule has 4 rings (SSSR count). The first-order valence-electron chi connectivity index (χ1n) is 11.2. The highest BCUT2D eigenvalue weighted by Crippen LogP contribution is 2.18. The van der Waals surface area contributed by atoms with E-state index in [1.807, 2.05) is 22.8 Å². The van der Waals surface area contributed by atoms with Gasteiger partial charge in [0.25, 0.3) is 5.56 Å². The second kappa shape index (κ2) is 11.5. The first-order valence-corrected chi connectivity index (χ1v) is 11.2. The van der Waals surface area contributed by atoms with Crippen LogP contribution in [-0.2, 0) is 19.5 Å². The van der Waals surface area contributed by atoms with E-state index in [1.54, 1.807) is 7.11 Å². The molecule has 1 aromatic heterocycles. The summed E-state index contributed by atoms with van der Waals surface area (Å²) >= 11 is 0. The average molecular weight is 457 g/mol. The number of aromatic nitrogens is 2. The Morgan fingerprint density at radius 2 is 1.78 bits per heavy atom. The van der Waals surface area contributed by atoms with E-state index in [0.717, 1.165) is 62.2 Å². The topological polar surface area (TPSA) is 59.4 Å². The zero-order valence-electron chi connectivity index (χ0n) is 18.9. The molecule has 0 radical (unpaired) electrons. The van der Waals surface area contributed by atoms with Gasteiger partial charge in [-0.05, 0) is 55.6 Å². The summed E-state index contributed by atoms with van der Waals surface area (Å²) in [6, 6.07) is 15.1. The summed E-state index contributed by atoms with van der Waals surface area (Å²) in [6.45, 7) is 6.73. The van der Waals surface area contributed by atoms with E-state index in [1.165, 1.54) is 17.3 Å². The van der Waals surface area contributed by atoms with Gasteiger partial charge >= 0.3 is 0 Å². The number of hydrogen-bond acceptors (Lipinski definition) is 5. The van der Waals surface area contributed by atoms with Gasteiger partial charge in [-0.15, -0.1) is 12.4 Å². The normalized spacial score (nSPS) is 14.9. The smallest absolute Gasteiger partial charge is 0.269 e. The standard InChI is InChI=1S/C25H32N4O2.ClH/c1-3-19-4-6-20(7-5-19)17-26-21-10-12-28(13-11-21)14-15-29-24-16-22(31-2)8-9-23(24)27-18-25(29)30;/h4-9,16,18,21,26H,3,10-15,17H2,1-2H3;1H. The third-order valence-electron chi connectivity index (χ3n) is 6.31. The van der Waals surface area contributed by atoms with Crippen molar-refractivity contribution < 1.29 is 4.74 Å². The highest BCUT2D eigenvalue weighted by molar-refractivity contribution is 5.85. The van der Waals surface area contributed by atoms with Gasteiger partial charge in [0, 0.05) is 31.7 Å². The zero-order chi connectivity index (χ0) is 21.6. The molecule has 172 valence electrons. The number of likely N-dealkylation sites (tertiary alicyclic amines) is 1. The third-order valence-corrected chi connectivity index (χ3v) is 6.31. The molecule has 1 saturated heterocycles. The molecule has 0 atom stereocenters. The molecule has 6 nitrogen and oxygen atoms in total. The van der Waals surface area contributed by atoms with Crippen LogP contribution in [-0.4, -0.2) is 47.2 Å². The Bertz CT molecular complexity index is 1060. The largest absolute Gasteiger partial charge is 0.497 e. The van der Waals surface area contributed by atoms with Gasteiger partial charge in [0.2, 0.25) is 0 Å². The minimum atomic E-state index is -0.0635. The van der Waals surface area contributed by atoms with Gasteiger partial charge in [-0.3, -0.25) is 4.79 Å². The van der Waals surface area contributed by atoms with Crippen molar-refractivity contribution in [2.24, 2.45) is 0 Å². The van der Waals surface area contributed by atoms with Gasteiger partial charge < -0.3 is 19.5 Å². The van der Waals surface area contributed by atoms with Crippen molar-refractivity contribution in [1.82, 2.24) is 19.8 Å². The Labute approximate surface area is 196 Å². The van der Waals surface area contributed by atoms with Crippen LogP contribution in [0.1, 0.15) is 30.9 Å². The molecular formula is C25H33ClN4O2. The first-order chi connectivity index (χ1) is 15.2. The van der Waals surface area contributed by atoms with Crippen molar-refractivity contribution >= 4 is 23.4 Å². The number of halogens is 1. The third kappa shape index (κ3) is 5.88. The van der Waals surface area contributed by atoms with Crippen molar-refractivity contribution in [2.75, 3.05) is 26.7 Å². The fourth-order valence-corrected chi connectivity index (χ4v) is 4.26. The van der Waals surface area contributed by atoms with Crippen LogP contribution in [0.4, 0.5) is 0 Å². The van der Waals surface area contributed by atoms with Crippen molar-refractivity contribution in [3.05, 3.63) is 70.1 Å². The SMILES string of the molecule is CCc1ccc(CNC2CCN(CCn3c(=O)cnc4ccc(OC)cc43)CC2)cc1.Cl. The molecule has 0 amide bonds. The molecule has 0 bridgehead atoms. The minimum Gasteiger partial charge on any atom is -0.497 e.